The molecular formula is C13H16N2O. The Bertz CT molecular complexity index is 570. The summed E-state index contributed by atoms with van der Waals surface area (Å²) < 4.78 is 1.81. The molecule has 3 heteroatoms. The van der Waals surface area contributed by atoms with Crippen LogP contribution >= 0.6 is 0 Å². The first kappa shape index (κ1) is 10.7. The number of rotatable bonds is 2. The lowest BCUT2D eigenvalue weighted by Crippen LogP contribution is -2.26. The first-order chi connectivity index (χ1) is 7.65. The summed E-state index contributed by atoms with van der Waals surface area (Å²) in [6.45, 7) is 2.69. The van der Waals surface area contributed by atoms with E-state index in [2.05, 4.69) is 0 Å². The molecule has 0 spiro atoms. The van der Waals surface area contributed by atoms with Crippen LogP contribution in [0.15, 0.2) is 35.1 Å². The minimum Gasteiger partial charge on any atom is -0.373 e. The quantitative estimate of drug-likeness (QED) is 0.768. The zero-order chi connectivity index (χ0) is 11.7. The van der Waals surface area contributed by atoms with Crippen molar-refractivity contribution in [2.45, 2.75) is 13.5 Å². The molecule has 0 fully saturated rings. The van der Waals surface area contributed by atoms with Crippen molar-refractivity contribution in [3.8, 4) is 0 Å². The average molecular weight is 216 g/mol. The van der Waals surface area contributed by atoms with Gasteiger partial charge in [-0.1, -0.05) is 18.2 Å². The highest BCUT2D eigenvalue weighted by Crippen LogP contribution is 2.16. The number of fused-ring (bicyclic) bond motifs is 1. The maximum absolute atomic E-state index is 12.2. The number of hydrogen-bond donors (Lipinski definition) is 0. The summed E-state index contributed by atoms with van der Waals surface area (Å²) in [5.41, 5.74) is 1.81. The highest BCUT2D eigenvalue weighted by molar-refractivity contribution is 5.82. The van der Waals surface area contributed by atoms with Crippen molar-refractivity contribution < 1.29 is 0 Å². The van der Waals surface area contributed by atoms with Crippen LogP contribution in [0.3, 0.4) is 0 Å². The van der Waals surface area contributed by atoms with Crippen molar-refractivity contribution in [3.05, 3.63) is 40.7 Å². The molecule has 0 amide bonds. The summed E-state index contributed by atoms with van der Waals surface area (Å²) in [6.07, 6.45) is 0. The number of pyridine rings is 1. The number of benzene rings is 1. The number of aromatic nitrogens is 1. The Kier molecular flexibility index (Phi) is 2.69. The Morgan fingerprint density at radius 3 is 2.56 bits per heavy atom. The average Bonchev–Trinajstić information content (AvgIpc) is 2.28. The lowest BCUT2D eigenvalue weighted by atomic mass is 10.2. The van der Waals surface area contributed by atoms with Gasteiger partial charge < -0.3 is 9.47 Å². The predicted octanol–water partition coefficient (Wildman–Crippen LogP) is 2.09. The monoisotopic (exact) mass is 216 g/mol. The van der Waals surface area contributed by atoms with Crippen molar-refractivity contribution in [2.75, 3.05) is 19.0 Å². The second-order valence-electron chi connectivity index (χ2n) is 4.03. The summed E-state index contributed by atoms with van der Waals surface area (Å²) in [5.74, 6) is 0. The number of para-hydroxylation sites is 1. The maximum Gasteiger partial charge on any atom is 0.274 e. The molecule has 2 aromatic rings. The number of nitrogens with zero attached hydrogens (tertiary/aromatic N) is 2. The molecule has 0 radical (unpaired) electrons. The SMILES string of the molecule is CCn1c(=O)c(N(C)C)cc2ccccc21. The van der Waals surface area contributed by atoms with E-state index in [-0.39, 0.29) is 5.56 Å². The van der Waals surface area contributed by atoms with Gasteiger partial charge >= 0.3 is 0 Å². The molecule has 0 aliphatic rings. The summed E-state index contributed by atoms with van der Waals surface area (Å²) in [4.78, 5) is 14.0. The lowest BCUT2D eigenvalue weighted by Gasteiger charge is -2.16. The molecule has 0 bridgehead atoms. The highest BCUT2D eigenvalue weighted by atomic mass is 16.1. The van der Waals surface area contributed by atoms with Gasteiger partial charge in [0.05, 0.1) is 5.52 Å². The molecule has 0 atom stereocenters. The zero-order valence-corrected chi connectivity index (χ0v) is 9.90. The van der Waals surface area contributed by atoms with Crippen LogP contribution in [0, 0.1) is 0 Å². The fraction of sp³-hybridized carbons (Fsp3) is 0.308. The minimum atomic E-state index is 0.0752. The van der Waals surface area contributed by atoms with Gasteiger partial charge in [-0.2, -0.15) is 0 Å². The van der Waals surface area contributed by atoms with Crippen molar-refractivity contribution in [2.24, 2.45) is 0 Å². The molecule has 0 aliphatic heterocycles. The van der Waals surface area contributed by atoms with E-state index in [1.807, 2.05) is 60.8 Å². The molecule has 0 aliphatic carbocycles. The molecule has 16 heavy (non-hydrogen) atoms. The number of hydrogen-bond acceptors (Lipinski definition) is 2. The van der Waals surface area contributed by atoms with E-state index < -0.39 is 0 Å². The van der Waals surface area contributed by atoms with Gasteiger partial charge in [-0.05, 0) is 19.1 Å². The van der Waals surface area contributed by atoms with Gasteiger partial charge in [-0.25, -0.2) is 0 Å². The van der Waals surface area contributed by atoms with E-state index in [1.165, 1.54) is 0 Å². The molecule has 3 nitrogen and oxygen atoms in total. The standard InChI is InChI=1S/C13H16N2O/c1-4-15-11-8-6-5-7-10(11)9-12(13(15)16)14(2)3/h5-9H,4H2,1-3H3. The van der Waals surface area contributed by atoms with E-state index in [0.29, 0.717) is 6.54 Å². The highest BCUT2D eigenvalue weighted by Gasteiger charge is 2.08. The Morgan fingerprint density at radius 2 is 1.94 bits per heavy atom. The topological polar surface area (TPSA) is 25.2 Å². The third kappa shape index (κ3) is 1.58. The van der Waals surface area contributed by atoms with Gasteiger partial charge in [0.15, 0.2) is 0 Å². The van der Waals surface area contributed by atoms with Crippen LogP contribution in [0.2, 0.25) is 0 Å². The van der Waals surface area contributed by atoms with E-state index in [1.54, 1.807) is 0 Å². The van der Waals surface area contributed by atoms with Crippen molar-refractivity contribution in [1.29, 1.82) is 0 Å². The van der Waals surface area contributed by atoms with Gasteiger partial charge in [0.1, 0.15) is 5.69 Å². The van der Waals surface area contributed by atoms with E-state index in [0.717, 1.165) is 16.6 Å². The molecule has 0 saturated carbocycles. The molecular weight excluding hydrogens is 200 g/mol. The van der Waals surface area contributed by atoms with Crippen LogP contribution in [0.4, 0.5) is 5.69 Å². The normalized spacial score (nSPS) is 10.7. The molecule has 2 rings (SSSR count). The fourth-order valence-corrected chi connectivity index (χ4v) is 1.95. The fourth-order valence-electron chi connectivity index (χ4n) is 1.95. The second kappa shape index (κ2) is 4.00. The smallest absolute Gasteiger partial charge is 0.274 e. The summed E-state index contributed by atoms with van der Waals surface area (Å²) >= 11 is 0. The number of anilines is 1. The summed E-state index contributed by atoms with van der Waals surface area (Å²) in [5, 5.41) is 1.10. The van der Waals surface area contributed by atoms with Crippen molar-refractivity contribution >= 4 is 16.6 Å². The first-order valence-electron chi connectivity index (χ1n) is 5.45. The molecule has 84 valence electrons. The molecule has 0 N–H and O–H groups in total. The van der Waals surface area contributed by atoms with Crippen LogP contribution in [0.25, 0.3) is 10.9 Å². The zero-order valence-electron chi connectivity index (χ0n) is 9.90. The largest absolute Gasteiger partial charge is 0.373 e. The van der Waals surface area contributed by atoms with Crippen LogP contribution < -0.4 is 10.5 Å². The van der Waals surface area contributed by atoms with Crippen LogP contribution in [0.1, 0.15) is 6.92 Å². The molecule has 0 unspecified atom stereocenters. The van der Waals surface area contributed by atoms with E-state index in [4.69, 9.17) is 0 Å². The maximum atomic E-state index is 12.2. The Hall–Kier alpha value is -1.77. The van der Waals surface area contributed by atoms with Gasteiger partial charge in [0, 0.05) is 26.0 Å². The van der Waals surface area contributed by atoms with E-state index in [9.17, 15) is 4.79 Å². The van der Waals surface area contributed by atoms with E-state index >= 15 is 0 Å². The Labute approximate surface area is 94.9 Å². The molecule has 1 aromatic carbocycles. The minimum absolute atomic E-state index is 0.0752. The van der Waals surface area contributed by atoms with Gasteiger partial charge in [-0.15, -0.1) is 0 Å². The predicted molar refractivity (Wildman–Crippen MR) is 68.2 cm³/mol. The first-order valence-corrected chi connectivity index (χ1v) is 5.45. The van der Waals surface area contributed by atoms with Gasteiger partial charge in [0.25, 0.3) is 5.56 Å². The Balaban J connectivity index is 2.88. The Morgan fingerprint density at radius 1 is 1.25 bits per heavy atom. The van der Waals surface area contributed by atoms with Gasteiger partial charge in [0.2, 0.25) is 0 Å². The lowest BCUT2D eigenvalue weighted by molar-refractivity contribution is 0.757. The third-order valence-electron chi connectivity index (χ3n) is 2.78. The summed E-state index contributed by atoms with van der Waals surface area (Å²) in [7, 11) is 3.79. The van der Waals surface area contributed by atoms with Crippen molar-refractivity contribution in [1.82, 2.24) is 4.57 Å². The second-order valence-corrected chi connectivity index (χ2v) is 4.03. The van der Waals surface area contributed by atoms with Crippen LogP contribution in [-0.4, -0.2) is 18.7 Å². The summed E-state index contributed by atoms with van der Waals surface area (Å²) in [6, 6.07) is 9.92. The van der Waals surface area contributed by atoms with Crippen LogP contribution in [-0.2, 0) is 6.54 Å². The molecule has 0 saturated heterocycles. The van der Waals surface area contributed by atoms with Crippen LogP contribution in [0.5, 0.6) is 0 Å². The number of aryl methyl sites for hydroxylation is 1. The molecule has 1 heterocycles. The molecule has 1 aromatic heterocycles. The van der Waals surface area contributed by atoms with Crippen molar-refractivity contribution in [3.63, 3.8) is 0 Å². The third-order valence-corrected chi connectivity index (χ3v) is 2.78. The van der Waals surface area contributed by atoms with Gasteiger partial charge in [-0.3, -0.25) is 4.79 Å².